The van der Waals surface area contributed by atoms with Gasteiger partial charge in [-0.3, -0.25) is 0 Å². The average Bonchev–Trinajstić information content (AvgIpc) is 2.10. The summed E-state index contributed by atoms with van der Waals surface area (Å²) in [6, 6.07) is 3.75. The summed E-state index contributed by atoms with van der Waals surface area (Å²) in [6.45, 7) is 7.63. The summed E-state index contributed by atoms with van der Waals surface area (Å²) >= 11 is 0. The second-order valence-electron chi connectivity index (χ2n) is 3.31. The highest BCUT2D eigenvalue weighted by Crippen LogP contribution is 2.28. The molecule has 76 valence electrons. The molecular formula is C11H16N2O. The fraction of sp³-hybridized carbons (Fsp3) is 0.273. The molecular weight excluding hydrogens is 176 g/mol. The highest BCUT2D eigenvalue weighted by atomic mass is 16.5. The van der Waals surface area contributed by atoms with Crippen LogP contribution in [0.25, 0.3) is 0 Å². The summed E-state index contributed by atoms with van der Waals surface area (Å²) in [5, 5.41) is 3.09. The highest BCUT2D eigenvalue weighted by Gasteiger charge is 2.04. The maximum atomic E-state index is 5.83. The Hall–Kier alpha value is -1.64. The van der Waals surface area contributed by atoms with Gasteiger partial charge in [0, 0.05) is 11.8 Å². The molecule has 0 radical (unpaired) electrons. The molecule has 1 rings (SSSR count). The number of benzene rings is 1. The van der Waals surface area contributed by atoms with Crippen molar-refractivity contribution in [1.82, 2.24) is 0 Å². The van der Waals surface area contributed by atoms with Gasteiger partial charge in [-0.15, -0.1) is 0 Å². The number of nitrogen functional groups attached to an aromatic ring is 1. The molecule has 0 fully saturated rings. The van der Waals surface area contributed by atoms with Crippen LogP contribution in [0.1, 0.15) is 12.5 Å². The first-order chi connectivity index (χ1) is 6.54. The second-order valence-corrected chi connectivity index (χ2v) is 3.31. The van der Waals surface area contributed by atoms with Crippen molar-refractivity contribution in [1.29, 1.82) is 0 Å². The first-order valence-corrected chi connectivity index (χ1v) is 4.41. The van der Waals surface area contributed by atoms with E-state index in [2.05, 4.69) is 11.9 Å². The molecule has 0 aliphatic rings. The van der Waals surface area contributed by atoms with Gasteiger partial charge in [-0.1, -0.05) is 6.58 Å². The van der Waals surface area contributed by atoms with Gasteiger partial charge in [-0.05, 0) is 25.5 Å². The van der Waals surface area contributed by atoms with Crippen LogP contribution in [-0.4, -0.2) is 7.11 Å². The van der Waals surface area contributed by atoms with E-state index in [9.17, 15) is 0 Å². The van der Waals surface area contributed by atoms with Gasteiger partial charge in [0.15, 0.2) is 0 Å². The standard InChI is InChI=1S/C11H16N2O/c1-7(2)13-10-5-8(3)11(14-4)6-9(10)12/h5-6,13H,1,12H2,2-4H3. The molecule has 0 unspecified atom stereocenters. The zero-order valence-electron chi connectivity index (χ0n) is 8.85. The third-order valence-electron chi connectivity index (χ3n) is 1.92. The number of allylic oxidation sites excluding steroid dienone is 1. The Bertz CT molecular complexity index is 359. The lowest BCUT2D eigenvalue weighted by molar-refractivity contribution is 0.412. The van der Waals surface area contributed by atoms with Crippen molar-refractivity contribution in [3.63, 3.8) is 0 Å². The molecule has 3 heteroatoms. The van der Waals surface area contributed by atoms with Gasteiger partial charge in [0.05, 0.1) is 18.5 Å². The van der Waals surface area contributed by atoms with Crippen LogP contribution < -0.4 is 15.8 Å². The lowest BCUT2D eigenvalue weighted by atomic mass is 10.1. The number of nitrogens with one attached hydrogen (secondary N) is 1. The fourth-order valence-corrected chi connectivity index (χ4v) is 1.26. The Morgan fingerprint density at radius 3 is 2.64 bits per heavy atom. The van der Waals surface area contributed by atoms with Crippen LogP contribution >= 0.6 is 0 Å². The summed E-state index contributed by atoms with van der Waals surface area (Å²) in [7, 11) is 1.63. The van der Waals surface area contributed by atoms with Crippen molar-refractivity contribution in [2.24, 2.45) is 0 Å². The number of aryl methyl sites for hydroxylation is 1. The van der Waals surface area contributed by atoms with Gasteiger partial charge in [0.25, 0.3) is 0 Å². The van der Waals surface area contributed by atoms with Crippen LogP contribution in [0.3, 0.4) is 0 Å². The SMILES string of the molecule is C=C(C)Nc1cc(C)c(OC)cc1N. The molecule has 0 heterocycles. The minimum atomic E-state index is 0.662. The average molecular weight is 192 g/mol. The van der Waals surface area contributed by atoms with E-state index in [0.29, 0.717) is 5.69 Å². The number of methoxy groups -OCH3 is 1. The first-order valence-electron chi connectivity index (χ1n) is 4.41. The first kappa shape index (κ1) is 10.4. The predicted molar refractivity (Wildman–Crippen MR) is 60.6 cm³/mol. The third-order valence-corrected chi connectivity index (χ3v) is 1.92. The maximum absolute atomic E-state index is 5.83. The molecule has 0 aliphatic carbocycles. The molecule has 14 heavy (non-hydrogen) atoms. The van der Waals surface area contributed by atoms with E-state index in [0.717, 1.165) is 22.7 Å². The smallest absolute Gasteiger partial charge is 0.123 e. The Kier molecular flexibility index (Phi) is 3.02. The van der Waals surface area contributed by atoms with E-state index < -0.39 is 0 Å². The number of hydrogen-bond donors (Lipinski definition) is 2. The molecule has 0 spiro atoms. The lowest BCUT2D eigenvalue weighted by Gasteiger charge is -2.12. The molecule has 0 bridgehead atoms. The maximum Gasteiger partial charge on any atom is 0.123 e. The van der Waals surface area contributed by atoms with Gasteiger partial charge in [0.1, 0.15) is 5.75 Å². The van der Waals surface area contributed by atoms with Crippen LogP contribution in [0.15, 0.2) is 24.4 Å². The molecule has 0 atom stereocenters. The molecule has 1 aromatic carbocycles. The molecule has 0 saturated carbocycles. The minimum absolute atomic E-state index is 0.662. The van der Waals surface area contributed by atoms with Gasteiger partial charge in [-0.25, -0.2) is 0 Å². The number of ether oxygens (including phenoxy) is 1. The Labute approximate surface area is 84.6 Å². The topological polar surface area (TPSA) is 47.3 Å². The fourth-order valence-electron chi connectivity index (χ4n) is 1.26. The predicted octanol–water partition coefficient (Wildman–Crippen LogP) is 2.53. The van der Waals surface area contributed by atoms with Crippen LogP contribution in [0, 0.1) is 6.92 Å². The monoisotopic (exact) mass is 192 g/mol. The van der Waals surface area contributed by atoms with Crippen molar-refractivity contribution >= 4 is 11.4 Å². The van der Waals surface area contributed by atoms with Crippen LogP contribution in [-0.2, 0) is 0 Å². The molecule has 3 N–H and O–H groups in total. The van der Waals surface area contributed by atoms with E-state index in [1.807, 2.05) is 19.9 Å². The third kappa shape index (κ3) is 2.19. The van der Waals surface area contributed by atoms with Gasteiger partial charge in [0.2, 0.25) is 0 Å². The Balaban J connectivity index is 3.08. The Morgan fingerprint density at radius 1 is 1.50 bits per heavy atom. The summed E-state index contributed by atoms with van der Waals surface area (Å²) in [4.78, 5) is 0. The highest BCUT2D eigenvalue weighted by molar-refractivity contribution is 5.71. The van der Waals surface area contributed by atoms with Crippen LogP contribution in [0.2, 0.25) is 0 Å². The molecule has 1 aromatic rings. The van der Waals surface area contributed by atoms with Crippen molar-refractivity contribution in [3.8, 4) is 5.75 Å². The number of hydrogen-bond acceptors (Lipinski definition) is 3. The second kappa shape index (κ2) is 4.05. The van der Waals surface area contributed by atoms with E-state index in [1.54, 1.807) is 13.2 Å². The summed E-state index contributed by atoms with van der Waals surface area (Å²) in [6.07, 6.45) is 0. The van der Waals surface area contributed by atoms with Crippen molar-refractivity contribution in [3.05, 3.63) is 30.0 Å². The van der Waals surface area contributed by atoms with Crippen molar-refractivity contribution < 1.29 is 4.74 Å². The van der Waals surface area contributed by atoms with E-state index in [-0.39, 0.29) is 0 Å². The van der Waals surface area contributed by atoms with E-state index >= 15 is 0 Å². The number of rotatable bonds is 3. The van der Waals surface area contributed by atoms with Gasteiger partial charge in [-0.2, -0.15) is 0 Å². The van der Waals surface area contributed by atoms with Crippen LogP contribution in [0.5, 0.6) is 5.75 Å². The van der Waals surface area contributed by atoms with E-state index in [4.69, 9.17) is 10.5 Å². The number of nitrogens with two attached hydrogens (primary N) is 1. The largest absolute Gasteiger partial charge is 0.496 e. The molecule has 3 nitrogen and oxygen atoms in total. The molecule has 0 amide bonds. The minimum Gasteiger partial charge on any atom is -0.496 e. The summed E-state index contributed by atoms with van der Waals surface area (Å²) < 4.78 is 5.16. The zero-order valence-corrected chi connectivity index (χ0v) is 8.85. The molecule has 0 aromatic heterocycles. The van der Waals surface area contributed by atoms with Crippen molar-refractivity contribution in [2.45, 2.75) is 13.8 Å². The lowest BCUT2D eigenvalue weighted by Crippen LogP contribution is -2.00. The summed E-state index contributed by atoms with van der Waals surface area (Å²) in [5.41, 5.74) is 9.27. The Morgan fingerprint density at radius 2 is 2.14 bits per heavy atom. The molecule has 0 saturated heterocycles. The quantitative estimate of drug-likeness (QED) is 0.723. The van der Waals surface area contributed by atoms with E-state index in [1.165, 1.54) is 0 Å². The number of anilines is 2. The van der Waals surface area contributed by atoms with Crippen molar-refractivity contribution in [2.75, 3.05) is 18.2 Å². The normalized spacial score (nSPS) is 9.64. The molecule has 0 aliphatic heterocycles. The summed E-state index contributed by atoms with van der Waals surface area (Å²) in [5.74, 6) is 0.801. The van der Waals surface area contributed by atoms with Gasteiger partial charge < -0.3 is 15.8 Å². The zero-order chi connectivity index (χ0) is 10.7. The van der Waals surface area contributed by atoms with Gasteiger partial charge >= 0.3 is 0 Å². The van der Waals surface area contributed by atoms with Crippen LogP contribution in [0.4, 0.5) is 11.4 Å².